The molecule has 29 heavy (non-hydrogen) atoms. The van der Waals surface area contributed by atoms with E-state index >= 15 is 0 Å². The van der Waals surface area contributed by atoms with Crippen LogP contribution in [0.2, 0.25) is 0 Å². The number of carbonyl (C=O) groups excluding carboxylic acids is 3. The molecule has 0 aromatic heterocycles. The molecule has 0 aromatic rings. The van der Waals surface area contributed by atoms with Gasteiger partial charge in [-0.3, -0.25) is 14.4 Å². The first-order valence-electron chi connectivity index (χ1n) is 9.73. The van der Waals surface area contributed by atoms with Crippen LogP contribution >= 0.6 is 0 Å². The largest absolute Gasteiger partial charge is 0.480 e. The molecule has 0 spiro atoms. The van der Waals surface area contributed by atoms with Gasteiger partial charge in [0.1, 0.15) is 18.1 Å². The zero-order chi connectivity index (χ0) is 22.6. The van der Waals surface area contributed by atoms with E-state index in [1.807, 2.05) is 13.8 Å². The molecular weight excluding hydrogens is 382 g/mol. The van der Waals surface area contributed by atoms with Gasteiger partial charge in [0.05, 0.1) is 12.6 Å². The van der Waals surface area contributed by atoms with Crippen LogP contribution in [0.4, 0.5) is 0 Å². The zero-order valence-corrected chi connectivity index (χ0v) is 17.3. The monoisotopic (exact) mass is 417 g/mol. The number of aliphatic hydroxyl groups excluding tert-OH is 1. The molecule has 0 aliphatic rings. The second-order valence-corrected chi connectivity index (χ2v) is 7.39. The van der Waals surface area contributed by atoms with Crippen molar-refractivity contribution in [3.63, 3.8) is 0 Å². The van der Waals surface area contributed by atoms with Crippen LogP contribution in [0.5, 0.6) is 0 Å². The van der Waals surface area contributed by atoms with Gasteiger partial charge >= 0.3 is 5.97 Å². The Morgan fingerprint density at radius 1 is 0.897 bits per heavy atom. The maximum absolute atomic E-state index is 12.3. The van der Waals surface area contributed by atoms with Crippen LogP contribution in [-0.4, -0.2) is 71.2 Å². The molecule has 0 fully saturated rings. The van der Waals surface area contributed by atoms with Gasteiger partial charge in [-0.15, -0.1) is 0 Å². The first kappa shape index (κ1) is 26.8. The van der Waals surface area contributed by atoms with Crippen LogP contribution in [0.1, 0.15) is 46.5 Å². The first-order chi connectivity index (χ1) is 13.5. The van der Waals surface area contributed by atoms with E-state index in [0.717, 1.165) is 0 Å². The van der Waals surface area contributed by atoms with Crippen molar-refractivity contribution in [1.82, 2.24) is 16.0 Å². The Morgan fingerprint density at radius 2 is 1.48 bits per heavy atom. The van der Waals surface area contributed by atoms with E-state index in [2.05, 4.69) is 16.0 Å². The number of rotatable bonds is 14. The number of unbranched alkanes of at least 4 members (excludes halogenated alkanes) is 1. The average Bonchev–Trinajstić information content (AvgIpc) is 2.63. The van der Waals surface area contributed by atoms with Crippen molar-refractivity contribution in [2.24, 2.45) is 17.4 Å². The number of nitrogens with two attached hydrogens (primary N) is 2. The molecule has 0 saturated heterocycles. The minimum Gasteiger partial charge on any atom is -0.480 e. The summed E-state index contributed by atoms with van der Waals surface area (Å²) in [5.41, 5.74) is 11.1. The third-order valence-corrected chi connectivity index (χ3v) is 4.19. The van der Waals surface area contributed by atoms with Crippen molar-refractivity contribution in [2.45, 2.75) is 70.6 Å². The number of aliphatic hydroxyl groups is 1. The number of amides is 3. The Morgan fingerprint density at radius 3 is 1.97 bits per heavy atom. The van der Waals surface area contributed by atoms with Gasteiger partial charge in [-0.25, -0.2) is 4.79 Å². The number of nitrogens with one attached hydrogen (secondary N) is 3. The SMILES string of the molecule is CC(C)CC(N)C(=O)NC(C)C(=O)NC(CO)C(=O)NC(CCCCN)C(=O)O. The summed E-state index contributed by atoms with van der Waals surface area (Å²) < 4.78 is 0. The highest BCUT2D eigenvalue weighted by atomic mass is 16.4. The Hall–Kier alpha value is -2.24. The second-order valence-electron chi connectivity index (χ2n) is 7.39. The lowest BCUT2D eigenvalue weighted by Crippen LogP contribution is -2.57. The quantitative estimate of drug-likeness (QED) is 0.158. The van der Waals surface area contributed by atoms with E-state index in [1.54, 1.807) is 0 Å². The van der Waals surface area contributed by atoms with Gasteiger partial charge in [0.15, 0.2) is 0 Å². The van der Waals surface area contributed by atoms with Gasteiger partial charge in [-0.05, 0) is 45.1 Å². The maximum atomic E-state index is 12.3. The highest BCUT2D eigenvalue weighted by molar-refractivity contribution is 5.93. The molecular formula is C18H35N5O6. The summed E-state index contributed by atoms with van der Waals surface area (Å²) >= 11 is 0. The number of hydrogen-bond donors (Lipinski definition) is 7. The fourth-order valence-corrected chi connectivity index (χ4v) is 2.51. The lowest BCUT2D eigenvalue weighted by Gasteiger charge is -2.22. The molecule has 11 heteroatoms. The smallest absolute Gasteiger partial charge is 0.326 e. The molecule has 0 aliphatic heterocycles. The van der Waals surface area contributed by atoms with E-state index in [9.17, 15) is 29.4 Å². The molecule has 0 aromatic carbocycles. The van der Waals surface area contributed by atoms with Gasteiger partial charge in [-0.2, -0.15) is 0 Å². The maximum Gasteiger partial charge on any atom is 0.326 e. The van der Waals surface area contributed by atoms with Crippen LogP contribution in [-0.2, 0) is 19.2 Å². The minimum atomic E-state index is -1.36. The van der Waals surface area contributed by atoms with Gasteiger partial charge in [0.25, 0.3) is 0 Å². The lowest BCUT2D eigenvalue weighted by atomic mass is 10.0. The van der Waals surface area contributed by atoms with Crippen LogP contribution in [0.3, 0.4) is 0 Å². The fourth-order valence-electron chi connectivity index (χ4n) is 2.51. The molecule has 0 radical (unpaired) electrons. The minimum absolute atomic E-state index is 0.171. The molecule has 11 nitrogen and oxygen atoms in total. The molecule has 0 aliphatic carbocycles. The summed E-state index contributed by atoms with van der Waals surface area (Å²) in [6, 6.07) is -4.29. The molecule has 0 rings (SSSR count). The van der Waals surface area contributed by atoms with Crippen LogP contribution in [0, 0.1) is 5.92 Å². The predicted molar refractivity (Wildman–Crippen MR) is 107 cm³/mol. The van der Waals surface area contributed by atoms with E-state index in [4.69, 9.17) is 11.5 Å². The molecule has 168 valence electrons. The fraction of sp³-hybridized carbons (Fsp3) is 0.778. The van der Waals surface area contributed by atoms with E-state index in [1.165, 1.54) is 6.92 Å². The van der Waals surface area contributed by atoms with Gasteiger partial charge in [-0.1, -0.05) is 13.8 Å². The van der Waals surface area contributed by atoms with Gasteiger partial charge in [0, 0.05) is 0 Å². The summed E-state index contributed by atoms with van der Waals surface area (Å²) in [6.45, 7) is 4.90. The molecule has 3 amide bonds. The summed E-state index contributed by atoms with van der Waals surface area (Å²) in [5.74, 6) is -3.07. The molecule has 0 saturated carbocycles. The van der Waals surface area contributed by atoms with E-state index < -0.39 is 54.5 Å². The van der Waals surface area contributed by atoms with Gasteiger partial charge < -0.3 is 37.6 Å². The Kier molecular flexibility index (Phi) is 12.8. The number of carboxylic acids is 1. The highest BCUT2D eigenvalue weighted by Crippen LogP contribution is 2.03. The standard InChI is InChI=1S/C18H35N5O6/c1-10(2)8-12(20)16(26)21-11(3)15(25)23-14(9-24)17(27)22-13(18(28)29)6-4-5-7-19/h10-14,24H,4-9,19-20H2,1-3H3,(H,21,26)(H,22,27)(H,23,25)(H,28,29). The summed E-state index contributed by atoms with van der Waals surface area (Å²) in [7, 11) is 0. The van der Waals surface area contributed by atoms with Crippen molar-refractivity contribution < 1.29 is 29.4 Å². The Labute approximate surface area is 171 Å². The normalized spacial score (nSPS) is 15.1. The Bertz CT molecular complexity index is 557. The number of carbonyl (C=O) groups is 4. The predicted octanol–water partition coefficient (Wildman–Crippen LogP) is -1.96. The first-order valence-corrected chi connectivity index (χ1v) is 9.73. The zero-order valence-electron chi connectivity index (χ0n) is 17.3. The topological polar surface area (TPSA) is 197 Å². The van der Waals surface area contributed by atoms with Gasteiger partial charge in [0.2, 0.25) is 17.7 Å². The molecule has 9 N–H and O–H groups in total. The number of aliphatic carboxylic acids is 1. The van der Waals surface area contributed by atoms with E-state index in [-0.39, 0.29) is 12.3 Å². The van der Waals surface area contributed by atoms with Crippen molar-refractivity contribution in [1.29, 1.82) is 0 Å². The van der Waals surface area contributed by atoms with Crippen LogP contribution < -0.4 is 27.4 Å². The van der Waals surface area contributed by atoms with Crippen molar-refractivity contribution in [2.75, 3.05) is 13.2 Å². The lowest BCUT2D eigenvalue weighted by molar-refractivity contribution is -0.142. The Balaban J connectivity index is 4.76. The summed E-state index contributed by atoms with van der Waals surface area (Å²) in [5, 5.41) is 25.7. The average molecular weight is 418 g/mol. The second kappa shape index (κ2) is 13.9. The summed E-state index contributed by atoms with van der Waals surface area (Å²) in [4.78, 5) is 47.8. The van der Waals surface area contributed by atoms with Crippen molar-refractivity contribution in [3.05, 3.63) is 0 Å². The molecule has 0 bridgehead atoms. The molecule has 0 heterocycles. The van der Waals surface area contributed by atoms with Crippen molar-refractivity contribution >= 4 is 23.7 Å². The molecule has 4 unspecified atom stereocenters. The van der Waals surface area contributed by atoms with Crippen LogP contribution in [0.15, 0.2) is 0 Å². The number of hydrogen-bond acceptors (Lipinski definition) is 7. The van der Waals surface area contributed by atoms with Crippen LogP contribution in [0.25, 0.3) is 0 Å². The van der Waals surface area contributed by atoms with Crippen molar-refractivity contribution in [3.8, 4) is 0 Å². The third kappa shape index (κ3) is 10.8. The molecule has 4 atom stereocenters. The van der Waals surface area contributed by atoms with E-state index in [0.29, 0.717) is 25.8 Å². The third-order valence-electron chi connectivity index (χ3n) is 4.19. The highest BCUT2D eigenvalue weighted by Gasteiger charge is 2.28. The summed E-state index contributed by atoms with van der Waals surface area (Å²) in [6.07, 6.45) is 1.73. The number of carboxylic acid groups (broad SMARTS) is 1.